The monoisotopic (exact) mass is 387 g/mol. The molecule has 0 aliphatic carbocycles. The van der Waals surface area contributed by atoms with Crippen molar-refractivity contribution in [1.82, 2.24) is 5.32 Å². The third-order valence-corrected chi connectivity index (χ3v) is 7.47. The Kier molecular flexibility index (Phi) is 4.84. The molecule has 2 aliphatic rings. The van der Waals surface area contributed by atoms with E-state index in [0.29, 0.717) is 17.9 Å². The number of ether oxygens (including phenoxy) is 2. The van der Waals surface area contributed by atoms with Crippen molar-refractivity contribution in [3.05, 3.63) is 66.2 Å². The van der Waals surface area contributed by atoms with Gasteiger partial charge in [0.05, 0.1) is 16.2 Å². The summed E-state index contributed by atoms with van der Waals surface area (Å²) in [5.74, 6) is -0.691. The van der Waals surface area contributed by atoms with Crippen LogP contribution in [0.25, 0.3) is 0 Å². The molecule has 0 amide bonds. The molecule has 0 radical (unpaired) electrons. The lowest BCUT2D eigenvalue weighted by atomic mass is 10.0. The maximum absolute atomic E-state index is 13.5. The molecule has 4 atom stereocenters. The van der Waals surface area contributed by atoms with Crippen molar-refractivity contribution >= 4 is 9.84 Å². The van der Waals surface area contributed by atoms with E-state index >= 15 is 0 Å². The predicted molar refractivity (Wildman–Crippen MR) is 103 cm³/mol. The van der Waals surface area contributed by atoms with Crippen LogP contribution >= 0.6 is 0 Å². The second kappa shape index (κ2) is 7.02. The van der Waals surface area contributed by atoms with Crippen LogP contribution in [0.4, 0.5) is 0 Å². The summed E-state index contributed by atoms with van der Waals surface area (Å²) >= 11 is 0. The van der Waals surface area contributed by atoms with Gasteiger partial charge in [-0.1, -0.05) is 48.5 Å². The van der Waals surface area contributed by atoms with E-state index in [2.05, 4.69) is 5.32 Å². The zero-order valence-electron chi connectivity index (χ0n) is 15.5. The molecule has 2 fully saturated rings. The maximum atomic E-state index is 13.5. The van der Waals surface area contributed by atoms with Gasteiger partial charge in [0.2, 0.25) is 0 Å². The molecule has 5 nitrogen and oxygen atoms in total. The van der Waals surface area contributed by atoms with Crippen molar-refractivity contribution in [1.29, 1.82) is 0 Å². The molecule has 0 spiro atoms. The van der Waals surface area contributed by atoms with Crippen molar-refractivity contribution < 1.29 is 17.9 Å². The van der Waals surface area contributed by atoms with Crippen molar-refractivity contribution in [3.63, 3.8) is 0 Å². The van der Waals surface area contributed by atoms with E-state index in [1.54, 1.807) is 24.3 Å². The van der Waals surface area contributed by atoms with Crippen molar-refractivity contribution in [2.75, 3.05) is 6.54 Å². The highest BCUT2D eigenvalue weighted by Gasteiger charge is 2.53. The first-order valence-electron chi connectivity index (χ1n) is 9.29. The molecule has 2 saturated heterocycles. The topological polar surface area (TPSA) is 64.6 Å². The third-order valence-electron chi connectivity index (χ3n) is 5.28. The summed E-state index contributed by atoms with van der Waals surface area (Å²) in [5.41, 5.74) is 0.991. The van der Waals surface area contributed by atoms with E-state index in [4.69, 9.17) is 9.47 Å². The fourth-order valence-corrected chi connectivity index (χ4v) is 6.03. The van der Waals surface area contributed by atoms with Gasteiger partial charge in [-0.15, -0.1) is 0 Å². The number of rotatable bonds is 5. The molecule has 2 aliphatic heterocycles. The number of hydrogen-bond acceptors (Lipinski definition) is 5. The summed E-state index contributed by atoms with van der Waals surface area (Å²) in [7, 11) is -3.56. The first-order chi connectivity index (χ1) is 12.9. The number of hydrogen-bond donors (Lipinski definition) is 1. The minimum Gasteiger partial charge on any atom is -0.343 e. The Morgan fingerprint density at radius 1 is 1.04 bits per heavy atom. The molecule has 144 valence electrons. The summed E-state index contributed by atoms with van der Waals surface area (Å²) in [6, 6.07) is 18.1. The zero-order valence-corrected chi connectivity index (χ0v) is 16.4. The summed E-state index contributed by atoms with van der Waals surface area (Å²) in [5, 5.41) is 2.72. The number of fused-ring (bicyclic) bond motifs is 1. The molecule has 1 N–H and O–H groups in total. The van der Waals surface area contributed by atoms with E-state index in [-0.39, 0.29) is 18.2 Å². The van der Waals surface area contributed by atoms with Gasteiger partial charge >= 0.3 is 0 Å². The lowest BCUT2D eigenvalue weighted by Crippen LogP contribution is -2.49. The lowest BCUT2D eigenvalue weighted by molar-refractivity contribution is -0.152. The van der Waals surface area contributed by atoms with E-state index in [1.165, 1.54) is 0 Å². The highest BCUT2D eigenvalue weighted by molar-refractivity contribution is 7.92. The Bertz CT molecular complexity index is 883. The Labute approximate surface area is 160 Å². The van der Waals surface area contributed by atoms with Gasteiger partial charge in [0, 0.05) is 6.54 Å². The van der Waals surface area contributed by atoms with Crippen LogP contribution in [0.2, 0.25) is 0 Å². The average Bonchev–Trinajstić information content (AvgIpc) is 3.16. The minimum absolute atomic E-state index is 0.130. The summed E-state index contributed by atoms with van der Waals surface area (Å²) in [6.07, 6.45) is 0.00406. The van der Waals surface area contributed by atoms with Crippen LogP contribution in [0.3, 0.4) is 0 Å². The maximum Gasteiger partial charge on any atom is 0.183 e. The van der Waals surface area contributed by atoms with Gasteiger partial charge in [-0.25, -0.2) is 8.42 Å². The number of sulfone groups is 1. The second-order valence-electron chi connectivity index (χ2n) is 7.66. The van der Waals surface area contributed by atoms with Crippen molar-refractivity contribution in [3.8, 4) is 0 Å². The summed E-state index contributed by atoms with van der Waals surface area (Å²) in [6.45, 7) is 4.34. The van der Waals surface area contributed by atoms with Crippen LogP contribution < -0.4 is 5.32 Å². The SMILES string of the molecule is CC1(C)O[C@@H]2CNC(C(Cc3ccccc3)S(=O)(=O)c3ccccc3)[C@@H]2O1. The van der Waals surface area contributed by atoms with Crippen LogP contribution in [0.5, 0.6) is 0 Å². The highest BCUT2D eigenvalue weighted by atomic mass is 32.2. The van der Waals surface area contributed by atoms with Crippen LogP contribution in [-0.4, -0.2) is 44.2 Å². The average molecular weight is 388 g/mol. The van der Waals surface area contributed by atoms with Gasteiger partial charge < -0.3 is 14.8 Å². The Morgan fingerprint density at radius 2 is 1.67 bits per heavy atom. The van der Waals surface area contributed by atoms with Crippen LogP contribution in [0.1, 0.15) is 19.4 Å². The van der Waals surface area contributed by atoms with Gasteiger partial charge in [-0.3, -0.25) is 0 Å². The number of benzene rings is 2. The molecule has 27 heavy (non-hydrogen) atoms. The molecule has 0 bridgehead atoms. The van der Waals surface area contributed by atoms with Crippen LogP contribution in [0.15, 0.2) is 65.6 Å². The van der Waals surface area contributed by atoms with Crippen LogP contribution in [0, 0.1) is 0 Å². The first-order valence-corrected chi connectivity index (χ1v) is 10.8. The number of nitrogens with one attached hydrogen (secondary N) is 1. The third kappa shape index (κ3) is 3.67. The molecule has 0 aromatic heterocycles. The normalized spacial score (nSPS) is 28.0. The standard InChI is InChI=1S/C21H25NO4S/c1-21(2)25-17-14-22-19(20(17)26-21)18(13-15-9-5-3-6-10-15)27(23,24)16-11-7-4-8-12-16/h3-12,17-20,22H,13-14H2,1-2H3/t17-,18?,19?,20-/m1/s1. The Hall–Kier alpha value is -1.73. The molecule has 2 aromatic carbocycles. The molecule has 2 unspecified atom stereocenters. The Morgan fingerprint density at radius 3 is 2.33 bits per heavy atom. The molecule has 6 heteroatoms. The molecule has 4 rings (SSSR count). The van der Waals surface area contributed by atoms with E-state index in [1.807, 2.05) is 50.2 Å². The molecule has 0 saturated carbocycles. The lowest BCUT2D eigenvalue weighted by Gasteiger charge is -2.29. The molecule has 2 heterocycles. The van der Waals surface area contributed by atoms with Crippen molar-refractivity contribution in [2.45, 2.75) is 54.5 Å². The fourth-order valence-electron chi connectivity index (χ4n) is 4.10. The van der Waals surface area contributed by atoms with Gasteiger partial charge in [0.1, 0.15) is 12.2 Å². The first kappa shape index (κ1) is 18.6. The predicted octanol–water partition coefficient (Wildman–Crippen LogP) is 2.56. The second-order valence-corrected chi connectivity index (χ2v) is 9.83. The van der Waals surface area contributed by atoms with Gasteiger partial charge in [-0.05, 0) is 38.0 Å². The zero-order chi connectivity index (χ0) is 19.1. The highest BCUT2D eigenvalue weighted by Crippen LogP contribution is 2.36. The smallest absolute Gasteiger partial charge is 0.183 e. The summed E-state index contributed by atoms with van der Waals surface area (Å²) in [4.78, 5) is 0.342. The van der Waals surface area contributed by atoms with Gasteiger partial charge in [0.25, 0.3) is 0 Å². The van der Waals surface area contributed by atoms with E-state index < -0.39 is 20.9 Å². The minimum atomic E-state index is -3.56. The van der Waals surface area contributed by atoms with E-state index in [0.717, 1.165) is 5.56 Å². The quantitative estimate of drug-likeness (QED) is 0.854. The largest absolute Gasteiger partial charge is 0.343 e. The fraction of sp³-hybridized carbons (Fsp3) is 0.429. The molecular weight excluding hydrogens is 362 g/mol. The van der Waals surface area contributed by atoms with E-state index in [9.17, 15) is 8.42 Å². The Balaban J connectivity index is 1.71. The molecular formula is C21H25NO4S. The van der Waals surface area contributed by atoms with Crippen molar-refractivity contribution in [2.24, 2.45) is 0 Å². The van der Waals surface area contributed by atoms with Gasteiger partial charge in [-0.2, -0.15) is 0 Å². The van der Waals surface area contributed by atoms with Crippen LogP contribution in [-0.2, 0) is 25.7 Å². The van der Waals surface area contributed by atoms with Gasteiger partial charge in [0.15, 0.2) is 15.6 Å². The molecule has 2 aromatic rings. The summed E-state index contributed by atoms with van der Waals surface area (Å²) < 4.78 is 39.1.